The highest BCUT2D eigenvalue weighted by Gasteiger charge is 2.29. The molecule has 9 heteroatoms. The average molecular weight is 419 g/mol. The van der Waals surface area contributed by atoms with Crippen LogP contribution < -0.4 is 0 Å². The predicted molar refractivity (Wildman–Crippen MR) is 102 cm³/mol. The van der Waals surface area contributed by atoms with Gasteiger partial charge in [-0.05, 0) is 42.5 Å². The minimum absolute atomic E-state index is 0.0393. The van der Waals surface area contributed by atoms with Crippen molar-refractivity contribution >= 4 is 10.0 Å². The van der Waals surface area contributed by atoms with Crippen LogP contribution in [0, 0.1) is 11.6 Å². The van der Waals surface area contributed by atoms with Crippen molar-refractivity contribution < 1.29 is 21.6 Å². The van der Waals surface area contributed by atoms with Crippen LogP contribution >= 0.6 is 0 Å². The van der Waals surface area contributed by atoms with Crippen LogP contribution in [0.25, 0.3) is 11.3 Å². The highest BCUT2D eigenvalue weighted by Crippen LogP contribution is 2.22. The van der Waals surface area contributed by atoms with E-state index < -0.39 is 15.8 Å². The Morgan fingerprint density at radius 2 is 1.69 bits per heavy atom. The van der Waals surface area contributed by atoms with Crippen molar-refractivity contribution in [3.63, 3.8) is 0 Å². The fourth-order valence-electron chi connectivity index (χ4n) is 3.23. The van der Waals surface area contributed by atoms with E-state index in [2.05, 4.69) is 4.98 Å². The van der Waals surface area contributed by atoms with Crippen molar-refractivity contribution in [3.8, 4) is 11.3 Å². The maximum atomic E-state index is 13.4. The summed E-state index contributed by atoms with van der Waals surface area (Å²) in [6.45, 7) is 2.04. The second-order valence-electron chi connectivity index (χ2n) is 6.76. The van der Waals surface area contributed by atoms with Gasteiger partial charge in [-0.2, -0.15) is 4.31 Å². The molecule has 0 amide bonds. The molecular formula is C20H19F2N3O3S. The van der Waals surface area contributed by atoms with Gasteiger partial charge < -0.3 is 4.42 Å². The van der Waals surface area contributed by atoms with E-state index in [1.165, 1.54) is 34.6 Å². The van der Waals surface area contributed by atoms with Gasteiger partial charge in [0.1, 0.15) is 11.6 Å². The number of hydrogen-bond donors (Lipinski definition) is 0. The second kappa shape index (κ2) is 8.02. The monoisotopic (exact) mass is 419 g/mol. The van der Waals surface area contributed by atoms with E-state index in [-0.39, 0.29) is 10.7 Å². The number of aromatic nitrogens is 1. The summed E-state index contributed by atoms with van der Waals surface area (Å²) in [5.41, 5.74) is 0.733. The first-order valence-electron chi connectivity index (χ1n) is 9.10. The van der Waals surface area contributed by atoms with Gasteiger partial charge in [0.05, 0.1) is 17.6 Å². The van der Waals surface area contributed by atoms with Crippen LogP contribution in [0.5, 0.6) is 0 Å². The molecule has 0 bridgehead atoms. The lowest BCUT2D eigenvalue weighted by molar-refractivity contribution is 0.168. The van der Waals surface area contributed by atoms with Crippen molar-refractivity contribution in [1.29, 1.82) is 0 Å². The summed E-state index contributed by atoms with van der Waals surface area (Å²) in [7, 11) is -3.72. The Labute approximate surface area is 167 Å². The van der Waals surface area contributed by atoms with Gasteiger partial charge in [0.25, 0.3) is 0 Å². The van der Waals surface area contributed by atoms with E-state index in [4.69, 9.17) is 4.42 Å². The zero-order chi connectivity index (χ0) is 20.4. The minimum atomic E-state index is -3.72. The Morgan fingerprint density at radius 1 is 0.966 bits per heavy atom. The van der Waals surface area contributed by atoms with Crippen LogP contribution in [0.2, 0.25) is 0 Å². The topological polar surface area (TPSA) is 66.7 Å². The highest BCUT2D eigenvalue weighted by atomic mass is 32.2. The summed E-state index contributed by atoms with van der Waals surface area (Å²) >= 11 is 0. The van der Waals surface area contributed by atoms with Crippen molar-refractivity contribution in [1.82, 2.24) is 14.2 Å². The molecule has 0 aliphatic carbocycles. The summed E-state index contributed by atoms with van der Waals surface area (Å²) in [5.74, 6) is 0.156. The molecule has 3 aromatic rings. The van der Waals surface area contributed by atoms with Gasteiger partial charge in [0, 0.05) is 31.7 Å². The van der Waals surface area contributed by atoms with Gasteiger partial charge in [-0.3, -0.25) is 4.90 Å². The fraction of sp³-hybridized carbons (Fsp3) is 0.250. The normalized spacial score (nSPS) is 16.2. The first kappa shape index (κ1) is 19.7. The van der Waals surface area contributed by atoms with E-state index >= 15 is 0 Å². The number of piperazine rings is 1. The van der Waals surface area contributed by atoms with E-state index in [0.717, 1.165) is 11.6 Å². The molecule has 0 spiro atoms. The summed E-state index contributed by atoms with van der Waals surface area (Å²) in [6.07, 6.45) is 1.59. The van der Waals surface area contributed by atoms with Crippen molar-refractivity contribution in [2.75, 3.05) is 26.2 Å². The van der Waals surface area contributed by atoms with Crippen molar-refractivity contribution in [2.45, 2.75) is 11.4 Å². The molecule has 1 aliphatic rings. The number of hydrogen-bond acceptors (Lipinski definition) is 5. The van der Waals surface area contributed by atoms with E-state index in [9.17, 15) is 17.2 Å². The Hall–Kier alpha value is -2.62. The van der Waals surface area contributed by atoms with Crippen molar-refractivity contribution in [3.05, 3.63) is 72.3 Å². The molecule has 6 nitrogen and oxygen atoms in total. The minimum Gasteiger partial charge on any atom is -0.439 e. The molecule has 0 atom stereocenters. The van der Waals surface area contributed by atoms with Gasteiger partial charge >= 0.3 is 0 Å². The quantitative estimate of drug-likeness (QED) is 0.636. The Kier molecular flexibility index (Phi) is 5.44. The number of halogens is 2. The number of sulfonamides is 1. The Bertz CT molecular complexity index is 1090. The maximum absolute atomic E-state index is 13.4. The molecule has 4 rings (SSSR count). The molecule has 0 saturated carbocycles. The molecule has 1 aliphatic heterocycles. The maximum Gasteiger partial charge on any atom is 0.243 e. The first-order chi connectivity index (χ1) is 13.9. The van der Waals surface area contributed by atoms with E-state index in [1.807, 2.05) is 4.90 Å². The van der Waals surface area contributed by atoms with Gasteiger partial charge in [-0.25, -0.2) is 22.2 Å². The van der Waals surface area contributed by atoms with E-state index in [0.29, 0.717) is 44.4 Å². The molecule has 0 unspecified atom stereocenters. The third kappa shape index (κ3) is 4.36. The largest absolute Gasteiger partial charge is 0.439 e. The second-order valence-corrected chi connectivity index (χ2v) is 8.70. The molecule has 0 N–H and O–H groups in total. The third-order valence-corrected chi connectivity index (χ3v) is 6.70. The van der Waals surface area contributed by atoms with Crippen LogP contribution in [0.4, 0.5) is 8.78 Å². The van der Waals surface area contributed by atoms with Gasteiger partial charge in [-0.15, -0.1) is 0 Å². The first-order valence-corrected chi connectivity index (χ1v) is 10.5. The van der Waals surface area contributed by atoms with Crippen LogP contribution in [0.1, 0.15) is 5.89 Å². The Morgan fingerprint density at radius 3 is 2.38 bits per heavy atom. The fourth-order valence-corrected chi connectivity index (χ4v) is 4.68. The number of oxazole rings is 1. The zero-order valence-electron chi connectivity index (χ0n) is 15.5. The molecule has 29 heavy (non-hydrogen) atoms. The molecule has 1 fully saturated rings. The number of rotatable bonds is 5. The zero-order valence-corrected chi connectivity index (χ0v) is 16.3. The third-order valence-electron chi connectivity index (χ3n) is 4.81. The molecule has 2 aromatic carbocycles. The molecule has 0 radical (unpaired) electrons. The molecular weight excluding hydrogens is 400 g/mol. The smallest absolute Gasteiger partial charge is 0.243 e. The van der Waals surface area contributed by atoms with Gasteiger partial charge in [0.15, 0.2) is 5.76 Å². The Balaban J connectivity index is 1.37. The standard InChI is InChI=1S/C20H19F2N3O3S/c21-16-6-4-15(5-7-16)19-13-23-20(28-19)14-24-8-10-25(11-9-24)29(26,27)18-3-1-2-17(22)12-18/h1-7,12-13H,8-11,14H2. The van der Waals surface area contributed by atoms with Crippen LogP contribution in [0.15, 0.2) is 64.0 Å². The van der Waals surface area contributed by atoms with Crippen molar-refractivity contribution in [2.24, 2.45) is 0 Å². The summed E-state index contributed by atoms with van der Waals surface area (Å²) in [6, 6.07) is 11.0. The molecule has 1 aromatic heterocycles. The lowest BCUT2D eigenvalue weighted by Crippen LogP contribution is -2.48. The average Bonchev–Trinajstić information content (AvgIpc) is 3.17. The number of benzene rings is 2. The summed E-state index contributed by atoms with van der Waals surface area (Å²) in [4.78, 5) is 6.26. The van der Waals surface area contributed by atoms with E-state index in [1.54, 1.807) is 18.3 Å². The molecule has 152 valence electrons. The highest BCUT2D eigenvalue weighted by molar-refractivity contribution is 7.89. The number of nitrogens with zero attached hydrogens (tertiary/aromatic N) is 3. The van der Waals surface area contributed by atoms with Gasteiger partial charge in [-0.1, -0.05) is 6.07 Å². The molecule has 1 saturated heterocycles. The summed E-state index contributed by atoms with van der Waals surface area (Å²) in [5, 5.41) is 0. The van der Waals surface area contributed by atoms with Gasteiger partial charge in [0.2, 0.25) is 15.9 Å². The lowest BCUT2D eigenvalue weighted by Gasteiger charge is -2.33. The molecule has 2 heterocycles. The van der Waals surface area contributed by atoms with Crippen LogP contribution in [0.3, 0.4) is 0 Å². The SMILES string of the molecule is O=S(=O)(c1cccc(F)c1)N1CCN(Cc2ncc(-c3ccc(F)cc3)o2)CC1. The van der Waals surface area contributed by atoms with Crippen LogP contribution in [-0.2, 0) is 16.6 Å². The predicted octanol–water partition coefficient (Wildman–Crippen LogP) is 3.13. The lowest BCUT2D eigenvalue weighted by atomic mass is 10.2. The van der Waals surface area contributed by atoms with Crippen LogP contribution in [-0.4, -0.2) is 48.8 Å². The summed E-state index contributed by atoms with van der Waals surface area (Å²) < 4.78 is 58.9.